The fraction of sp³-hybridized carbons (Fsp3) is 0.319. The van der Waals surface area contributed by atoms with Gasteiger partial charge in [-0.25, -0.2) is 4.79 Å². The first-order valence-corrected chi connectivity index (χ1v) is 23.8. The van der Waals surface area contributed by atoms with Gasteiger partial charge in [-0.05, 0) is 78.4 Å². The maximum absolute atomic E-state index is 12.4. The Morgan fingerprint density at radius 2 is 1.50 bits per heavy atom. The zero-order valence-corrected chi connectivity index (χ0v) is 36.3. The van der Waals surface area contributed by atoms with Gasteiger partial charge in [0.2, 0.25) is 5.69 Å². The first-order valence-electron chi connectivity index (χ1n) is 20.7. The Morgan fingerprint density at radius 3 is 2.23 bits per heavy atom. The predicted molar refractivity (Wildman–Crippen MR) is 239 cm³/mol. The monoisotopic (exact) mass is 880 g/mol. The lowest BCUT2D eigenvalue weighted by Gasteiger charge is -2.21. The number of imide groups is 1. The van der Waals surface area contributed by atoms with E-state index in [9.17, 15) is 40.3 Å². The van der Waals surface area contributed by atoms with Crippen molar-refractivity contribution in [2.75, 3.05) is 23.7 Å². The Hall–Kier alpha value is -5.74. The Labute approximate surface area is 361 Å². The highest BCUT2D eigenvalue weighted by molar-refractivity contribution is 7.87. The minimum atomic E-state index is -4.81. The number of allylic oxidation sites excluding steroid dienone is 8. The van der Waals surface area contributed by atoms with Crippen LogP contribution in [0.5, 0.6) is 0 Å². The highest BCUT2D eigenvalue weighted by Crippen LogP contribution is 2.44. The van der Waals surface area contributed by atoms with Crippen molar-refractivity contribution in [2.45, 2.75) is 75.9 Å². The number of benzene rings is 4. The molecule has 0 saturated carbocycles. The molecule has 4 aromatic carbocycles. The molecule has 4 aromatic rings. The Bertz CT molecular complexity index is 2820. The average molecular weight is 881 g/mol. The summed E-state index contributed by atoms with van der Waals surface area (Å²) in [6, 6.07) is 25.1. The van der Waals surface area contributed by atoms with E-state index in [1.165, 1.54) is 21.9 Å². The minimum absolute atomic E-state index is 0.0866. The predicted octanol–water partition coefficient (Wildman–Crippen LogP) is 7.69. The molecule has 2 N–H and O–H groups in total. The normalized spacial score (nSPS) is 18.5. The van der Waals surface area contributed by atoms with Gasteiger partial charge < -0.3 is 9.74 Å². The van der Waals surface area contributed by atoms with Crippen molar-refractivity contribution < 1.29 is 49.7 Å². The summed E-state index contributed by atoms with van der Waals surface area (Å²) in [5.74, 6) is -3.40. The Morgan fingerprint density at radius 1 is 0.823 bits per heavy atom. The van der Waals surface area contributed by atoms with Crippen molar-refractivity contribution in [2.24, 2.45) is 0 Å². The molecule has 1 fully saturated rings. The van der Waals surface area contributed by atoms with Crippen LogP contribution < -0.4 is 4.90 Å². The minimum Gasteiger partial charge on any atom is -0.345 e. The second-order valence-corrected chi connectivity index (χ2v) is 19.4. The number of hydroxylamine groups is 2. The topological polar surface area (TPSA) is 179 Å². The molecular weight excluding hydrogens is 831 g/mol. The maximum atomic E-state index is 12.4. The van der Waals surface area contributed by atoms with Crippen LogP contribution in [-0.4, -0.2) is 83.2 Å². The van der Waals surface area contributed by atoms with Gasteiger partial charge >= 0.3 is 5.97 Å². The summed E-state index contributed by atoms with van der Waals surface area (Å²) in [6.07, 6.45) is 16.8. The molecule has 3 heterocycles. The van der Waals surface area contributed by atoms with Gasteiger partial charge in [-0.1, -0.05) is 91.4 Å². The lowest BCUT2D eigenvalue weighted by molar-refractivity contribution is -0.438. The number of hydrogen-bond donors (Lipinski definition) is 2. The molecule has 13 nitrogen and oxygen atoms in total. The number of amides is 2. The van der Waals surface area contributed by atoms with Crippen LogP contribution in [0.25, 0.3) is 21.5 Å². The molecule has 7 rings (SSSR count). The van der Waals surface area contributed by atoms with E-state index in [1.807, 2.05) is 54.6 Å². The molecule has 3 aliphatic heterocycles. The SMILES string of the molecule is CC1(C)C(/C=C/C=C/C=C/C=C2\Cc3c(ccc4ccccc34)N2CCCCCC(=O)ON2C(=O)CC(S(=O)(=O)O)C2=O)=[N+](CCCCS(=O)(=O)O)c2ccc3ccccc3c21. The number of hydrogen-bond acceptors (Lipinski definition) is 9. The summed E-state index contributed by atoms with van der Waals surface area (Å²) < 4.78 is 66.4. The quantitative estimate of drug-likeness (QED) is 0.0349. The van der Waals surface area contributed by atoms with Crippen molar-refractivity contribution in [3.05, 3.63) is 132 Å². The summed E-state index contributed by atoms with van der Waals surface area (Å²) in [4.78, 5) is 43.9. The molecule has 0 spiro atoms. The largest absolute Gasteiger partial charge is 0.345 e. The smallest absolute Gasteiger partial charge is 0.333 e. The molecule has 0 radical (unpaired) electrons. The van der Waals surface area contributed by atoms with Gasteiger partial charge in [0, 0.05) is 54.9 Å². The summed E-state index contributed by atoms with van der Waals surface area (Å²) in [7, 11) is -8.84. The third kappa shape index (κ3) is 9.65. The fourth-order valence-corrected chi connectivity index (χ4v) is 9.99. The van der Waals surface area contributed by atoms with Crippen LogP contribution in [0.15, 0.2) is 121 Å². The maximum Gasteiger partial charge on any atom is 0.333 e. The van der Waals surface area contributed by atoms with Gasteiger partial charge in [-0.3, -0.25) is 18.7 Å². The van der Waals surface area contributed by atoms with Gasteiger partial charge in [0.15, 0.2) is 11.0 Å². The second-order valence-electron chi connectivity index (χ2n) is 16.2. The first kappa shape index (κ1) is 44.3. The van der Waals surface area contributed by atoms with Gasteiger partial charge in [-0.15, -0.1) is 5.06 Å². The number of carbonyl (C=O) groups is 3. The van der Waals surface area contributed by atoms with Gasteiger partial charge in [0.1, 0.15) is 6.54 Å². The van der Waals surface area contributed by atoms with E-state index in [0.717, 1.165) is 46.4 Å². The van der Waals surface area contributed by atoms with Crippen LogP contribution in [-0.2, 0) is 51.3 Å². The van der Waals surface area contributed by atoms with Crippen LogP contribution in [0.1, 0.15) is 69.9 Å². The molecule has 1 unspecified atom stereocenters. The molecular formula is C47H50N3O10S2+. The second kappa shape index (κ2) is 18.3. The zero-order chi connectivity index (χ0) is 44.2. The van der Waals surface area contributed by atoms with Gasteiger partial charge in [0.05, 0.1) is 17.6 Å². The van der Waals surface area contributed by atoms with E-state index in [1.54, 1.807) is 0 Å². The van der Waals surface area contributed by atoms with Crippen LogP contribution in [0.3, 0.4) is 0 Å². The molecule has 0 aromatic heterocycles. The summed E-state index contributed by atoms with van der Waals surface area (Å²) in [5.41, 5.74) is 6.57. The van der Waals surface area contributed by atoms with E-state index < -0.39 is 49.7 Å². The Kier molecular flexibility index (Phi) is 13.1. The van der Waals surface area contributed by atoms with Gasteiger partial charge in [-0.2, -0.15) is 21.4 Å². The van der Waals surface area contributed by atoms with Crippen LogP contribution in [0.2, 0.25) is 0 Å². The van der Waals surface area contributed by atoms with Crippen molar-refractivity contribution in [1.82, 2.24) is 5.06 Å². The third-order valence-corrected chi connectivity index (χ3v) is 13.6. The number of anilines is 1. The molecule has 2 amide bonds. The zero-order valence-electron chi connectivity index (χ0n) is 34.6. The third-order valence-electron chi connectivity index (χ3n) is 11.7. The average Bonchev–Trinajstić information content (AvgIpc) is 3.80. The summed E-state index contributed by atoms with van der Waals surface area (Å²) in [6.45, 7) is 5.70. The summed E-state index contributed by atoms with van der Waals surface area (Å²) in [5, 5.41) is 2.84. The van der Waals surface area contributed by atoms with Crippen LogP contribution in [0, 0.1) is 0 Å². The first-order chi connectivity index (χ1) is 29.5. The van der Waals surface area contributed by atoms with E-state index in [0.29, 0.717) is 38.8 Å². The number of carbonyl (C=O) groups excluding carboxylic acids is 3. The number of fused-ring (bicyclic) bond motifs is 6. The van der Waals surface area contributed by atoms with Crippen molar-refractivity contribution in [3.8, 4) is 0 Å². The van der Waals surface area contributed by atoms with E-state index in [4.69, 9.17) is 4.84 Å². The highest BCUT2D eigenvalue weighted by atomic mass is 32.2. The van der Waals surface area contributed by atoms with Gasteiger partial charge in [0.25, 0.3) is 32.1 Å². The molecule has 15 heteroatoms. The Balaban J connectivity index is 1.01. The number of nitrogens with zero attached hydrogens (tertiary/aromatic N) is 3. The van der Waals surface area contributed by atoms with Crippen LogP contribution in [0.4, 0.5) is 11.4 Å². The standard InChI is InChI=1S/C47H49N3O10S2/c1-47(2)42(49(29-15-16-30-61(54,55)56)40-27-25-34-18-11-13-21-37(34)45(40)47)22-8-5-3-4-7-19-35-31-38-36-20-12-10-17-33(36)24-26-39(38)48(35)28-14-6-9-23-44(52)60-50-43(51)32-41(46(50)53)62(57,58)59/h3-5,7-8,10-13,17-22,24-27,41H,6,9,14-16,23,28-32H2,1-2H3,(H-,54,55,56,57,58,59)/p+1. The lowest BCUT2D eigenvalue weighted by Crippen LogP contribution is -2.36. The fourth-order valence-electron chi connectivity index (χ4n) is 8.72. The van der Waals surface area contributed by atoms with Crippen molar-refractivity contribution >= 4 is 76.7 Å². The molecule has 324 valence electrons. The van der Waals surface area contributed by atoms with Crippen molar-refractivity contribution in [1.29, 1.82) is 0 Å². The summed E-state index contributed by atoms with van der Waals surface area (Å²) >= 11 is 0. The number of rotatable bonds is 17. The van der Waals surface area contributed by atoms with E-state index >= 15 is 0 Å². The van der Waals surface area contributed by atoms with E-state index in [-0.39, 0.29) is 22.7 Å². The van der Waals surface area contributed by atoms with Crippen molar-refractivity contribution in [3.63, 3.8) is 0 Å². The molecule has 62 heavy (non-hydrogen) atoms. The van der Waals surface area contributed by atoms with E-state index in [2.05, 4.69) is 84.0 Å². The lowest BCUT2D eigenvalue weighted by atomic mass is 9.79. The molecule has 1 saturated heterocycles. The molecule has 1 atom stereocenters. The van der Waals surface area contributed by atoms with Crippen LogP contribution >= 0.6 is 0 Å². The molecule has 0 bridgehead atoms. The molecule has 0 aliphatic carbocycles. The highest BCUT2D eigenvalue weighted by Gasteiger charge is 2.48. The molecule has 3 aliphatic rings. The number of unbranched alkanes of at least 4 members (excludes halogenated alkanes) is 3.